The lowest BCUT2D eigenvalue weighted by molar-refractivity contribution is -0.135. The molecule has 0 bridgehead atoms. The molecule has 8 heteroatoms. The summed E-state index contributed by atoms with van der Waals surface area (Å²) in [7, 11) is 3.06. The average Bonchev–Trinajstić information content (AvgIpc) is 2.81. The minimum absolute atomic E-state index is 0.0143. The zero-order valence-electron chi connectivity index (χ0n) is 17.8. The molecular formula is C23H26N4O4. The summed E-state index contributed by atoms with van der Waals surface area (Å²) in [6.45, 7) is 0.964. The molecule has 0 spiro atoms. The minimum Gasteiger partial charge on any atom is -0.493 e. The monoisotopic (exact) mass is 422 g/mol. The van der Waals surface area contributed by atoms with E-state index >= 15 is 0 Å². The zero-order valence-corrected chi connectivity index (χ0v) is 17.8. The molecule has 3 aromatic rings. The molecule has 1 aliphatic heterocycles. The second-order valence-electron chi connectivity index (χ2n) is 7.82. The van der Waals surface area contributed by atoms with Gasteiger partial charge >= 0.3 is 5.69 Å². The highest BCUT2D eigenvalue weighted by Gasteiger charge is 2.29. The molecule has 8 nitrogen and oxygen atoms in total. The third kappa shape index (κ3) is 4.10. The summed E-state index contributed by atoms with van der Waals surface area (Å²) in [5.74, 6) is 0.754. The number of amides is 1. The summed E-state index contributed by atoms with van der Waals surface area (Å²) in [6.07, 6.45) is 3.00. The van der Waals surface area contributed by atoms with Gasteiger partial charge < -0.3 is 9.64 Å². The Morgan fingerprint density at radius 1 is 1.06 bits per heavy atom. The summed E-state index contributed by atoms with van der Waals surface area (Å²) in [5.41, 5.74) is 0.257. The molecule has 162 valence electrons. The molecule has 1 aromatic carbocycles. The van der Waals surface area contributed by atoms with E-state index in [4.69, 9.17) is 4.74 Å². The number of carbonyl (C=O) groups excluding carboxylic acids is 1. The van der Waals surface area contributed by atoms with Crippen LogP contribution in [0.2, 0.25) is 0 Å². The smallest absolute Gasteiger partial charge is 0.332 e. The molecular weight excluding hydrogens is 396 g/mol. The van der Waals surface area contributed by atoms with Crippen LogP contribution in [0.3, 0.4) is 0 Å². The van der Waals surface area contributed by atoms with E-state index < -0.39 is 5.69 Å². The quantitative estimate of drug-likeness (QED) is 0.629. The Kier molecular flexibility index (Phi) is 5.88. The van der Waals surface area contributed by atoms with Gasteiger partial charge in [-0.25, -0.2) is 9.78 Å². The molecule has 0 radical (unpaired) electrons. The van der Waals surface area contributed by atoms with Gasteiger partial charge in [0.1, 0.15) is 11.4 Å². The molecule has 1 atom stereocenters. The Bertz CT molecular complexity index is 1220. The van der Waals surface area contributed by atoms with Gasteiger partial charge in [-0.05, 0) is 43.5 Å². The van der Waals surface area contributed by atoms with E-state index in [1.54, 1.807) is 19.2 Å². The van der Waals surface area contributed by atoms with E-state index in [0.29, 0.717) is 29.9 Å². The number of hydrogen-bond donors (Lipinski definition) is 0. The number of rotatable bonds is 5. The van der Waals surface area contributed by atoms with Crippen LogP contribution >= 0.6 is 0 Å². The van der Waals surface area contributed by atoms with Crippen LogP contribution in [0.4, 0.5) is 0 Å². The van der Waals surface area contributed by atoms with Crippen molar-refractivity contribution in [2.45, 2.75) is 31.7 Å². The SMILES string of the molecule is Cn1c(=O)c2ccc(C3CCCCN3C(=O)CCOc3ccccc3)nc2n(C)c1=O. The topological polar surface area (TPSA) is 86.4 Å². The van der Waals surface area contributed by atoms with Crippen LogP contribution < -0.4 is 16.0 Å². The van der Waals surface area contributed by atoms with Gasteiger partial charge in [-0.1, -0.05) is 18.2 Å². The Morgan fingerprint density at radius 3 is 2.61 bits per heavy atom. The van der Waals surface area contributed by atoms with E-state index in [2.05, 4.69) is 4.98 Å². The van der Waals surface area contributed by atoms with E-state index in [9.17, 15) is 14.4 Å². The van der Waals surface area contributed by atoms with Gasteiger partial charge in [-0.3, -0.25) is 18.7 Å². The van der Waals surface area contributed by atoms with Gasteiger partial charge in [0.25, 0.3) is 5.56 Å². The molecule has 31 heavy (non-hydrogen) atoms. The standard InChI is InChI=1S/C23H26N4O4/c1-25-21-17(22(29)26(2)23(25)30)11-12-18(24-21)19-10-6-7-14-27(19)20(28)13-15-31-16-8-4-3-5-9-16/h3-5,8-9,11-12,19H,6-7,10,13-15H2,1-2H3. The number of pyridine rings is 1. The van der Waals surface area contributed by atoms with Crippen molar-refractivity contribution >= 4 is 16.9 Å². The number of fused-ring (bicyclic) bond motifs is 1. The predicted molar refractivity (Wildman–Crippen MR) is 117 cm³/mol. The molecule has 2 aromatic heterocycles. The Hall–Kier alpha value is -3.42. The first-order chi connectivity index (χ1) is 15.0. The normalized spacial score (nSPS) is 16.5. The molecule has 1 saturated heterocycles. The van der Waals surface area contributed by atoms with Gasteiger partial charge in [-0.2, -0.15) is 0 Å². The summed E-state index contributed by atoms with van der Waals surface area (Å²) in [5, 5.41) is 0.387. The number of nitrogens with zero attached hydrogens (tertiary/aromatic N) is 4. The Balaban J connectivity index is 1.57. The fourth-order valence-electron chi connectivity index (χ4n) is 4.11. The Morgan fingerprint density at radius 2 is 1.84 bits per heavy atom. The third-order valence-corrected chi connectivity index (χ3v) is 5.82. The first-order valence-corrected chi connectivity index (χ1v) is 10.5. The highest BCUT2D eigenvalue weighted by Crippen LogP contribution is 2.31. The van der Waals surface area contributed by atoms with E-state index in [1.807, 2.05) is 35.2 Å². The molecule has 0 aliphatic carbocycles. The van der Waals surface area contributed by atoms with Crippen LogP contribution in [-0.4, -0.2) is 38.1 Å². The molecule has 4 rings (SSSR count). The molecule has 1 amide bonds. The minimum atomic E-state index is -0.420. The van der Waals surface area contributed by atoms with Crippen LogP contribution in [0.1, 0.15) is 37.4 Å². The van der Waals surface area contributed by atoms with Gasteiger partial charge in [0.15, 0.2) is 0 Å². The van der Waals surface area contributed by atoms with Crippen molar-refractivity contribution < 1.29 is 9.53 Å². The summed E-state index contributed by atoms with van der Waals surface area (Å²) in [6, 6.07) is 12.7. The van der Waals surface area contributed by atoms with Crippen molar-refractivity contribution in [1.29, 1.82) is 0 Å². The molecule has 1 unspecified atom stereocenters. The van der Waals surface area contributed by atoms with Crippen LogP contribution in [0.5, 0.6) is 5.75 Å². The van der Waals surface area contributed by atoms with E-state index in [-0.39, 0.29) is 23.9 Å². The van der Waals surface area contributed by atoms with Crippen molar-refractivity contribution in [2.24, 2.45) is 14.1 Å². The molecule has 3 heterocycles. The number of benzene rings is 1. The van der Waals surface area contributed by atoms with E-state index in [0.717, 1.165) is 29.6 Å². The van der Waals surface area contributed by atoms with E-state index in [1.165, 1.54) is 11.6 Å². The second kappa shape index (κ2) is 8.75. The lowest BCUT2D eigenvalue weighted by atomic mass is 9.98. The number of aromatic nitrogens is 3. The van der Waals surface area contributed by atoms with Gasteiger partial charge in [0.2, 0.25) is 5.91 Å². The largest absolute Gasteiger partial charge is 0.493 e. The van der Waals surface area contributed by atoms with Gasteiger partial charge in [0.05, 0.1) is 30.1 Å². The van der Waals surface area contributed by atoms with Crippen molar-refractivity contribution in [3.8, 4) is 5.75 Å². The maximum absolute atomic E-state index is 13.0. The van der Waals surface area contributed by atoms with Gasteiger partial charge in [-0.15, -0.1) is 0 Å². The van der Waals surface area contributed by atoms with Crippen LogP contribution in [-0.2, 0) is 18.9 Å². The van der Waals surface area contributed by atoms with Crippen LogP contribution in [0.15, 0.2) is 52.1 Å². The first-order valence-electron chi connectivity index (χ1n) is 10.5. The van der Waals surface area contributed by atoms with Gasteiger partial charge in [0, 0.05) is 20.6 Å². The number of ether oxygens (including phenoxy) is 1. The summed E-state index contributed by atoms with van der Waals surface area (Å²) in [4.78, 5) is 44.2. The highest BCUT2D eigenvalue weighted by molar-refractivity contribution is 5.77. The third-order valence-electron chi connectivity index (χ3n) is 5.82. The fourth-order valence-corrected chi connectivity index (χ4v) is 4.11. The molecule has 1 fully saturated rings. The van der Waals surface area contributed by atoms with Crippen molar-refractivity contribution in [3.05, 3.63) is 69.0 Å². The number of hydrogen-bond acceptors (Lipinski definition) is 5. The molecule has 1 aliphatic rings. The average molecular weight is 422 g/mol. The molecule has 0 N–H and O–H groups in total. The number of para-hydroxylation sites is 1. The predicted octanol–water partition coefficient (Wildman–Crippen LogP) is 2.15. The first kappa shape index (κ1) is 20.8. The number of piperidine rings is 1. The highest BCUT2D eigenvalue weighted by atomic mass is 16.5. The molecule has 0 saturated carbocycles. The number of aryl methyl sites for hydroxylation is 1. The maximum atomic E-state index is 13.0. The van der Waals surface area contributed by atoms with Crippen molar-refractivity contribution in [1.82, 2.24) is 19.0 Å². The fraction of sp³-hybridized carbons (Fsp3) is 0.391. The zero-order chi connectivity index (χ0) is 22.0. The Labute approximate surface area is 179 Å². The lowest BCUT2D eigenvalue weighted by Gasteiger charge is -2.35. The second-order valence-corrected chi connectivity index (χ2v) is 7.82. The van der Waals surface area contributed by atoms with Crippen molar-refractivity contribution in [2.75, 3.05) is 13.2 Å². The number of likely N-dealkylation sites (tertiary alicyclic amines) is 1. The summed E-state index contributed by atoms with van der Waals surface area (Å²) >= 11 is 0. The number of carbonyl (C=O) groups is 1. The van der Waals surface area contributed by atoms with Crippen LogP contribution in [0.25, 0.3) is 11.0 Å². The van der Waals surface area contributed by atoms with Crippen molar-refractivity contribution in [3.63, 3.8) is 0 Å². The maximum Gasteiger partial charge on any atom is 0.332 e. The lowest BCUT2D eigenvalue weighted by Crippen LogP contribution is -2.40. The van der Waals surface area contributed by atoms with Crippen LogP contribution in [0, 0.1) is 0 Å². The summed E-state index contributed by atoms with van der Waals surface area (Å²) < 4.78 is 8.14.